The average Bonchev–Trinajstić information content (AvgIpc) is 2.73. The molecule has 0 atom stereocenters. The molecule has 1 aliphatic rings. The normalized spacial score (nSPS) is 17.8. The van der Waals surface area contributed by atoms with Crippen molar-refractivity contribution in [2.45, 2.75) is 6.54 Å². The highest BCUT2D eigenvalue weighted by Gasteiger charge is 2.11. The third kappa shape index (κ3) is 2.55. The van der Waals surface area contributed by atoms with Crippen molar-refractivity contribution in [3.05, 3.63) is 24.0 Å². The van der Waals surface area contributed by atoms with Crippen LogP contribution in [0.2, 0.25) is 0 Å². The first-order chi connectivity index (χ1) is 7.77. The number of morpholine rings is 1. The minimum Gasteiger partial charge on any atom is -0.378 e. The van der Waals surface area contributed by atoms with Gasteiger partial charge in [0.1, 0.15) is 0 Å². The lowest BCUT2D eigenvalue weighted by Gasteiger charge is -2.27. The van der Waals surface area contributed by atoms with Crippen molar-refractivity contribution in [2.24, 2.45) is 17.8 Å². The molecule has 2 heterocycles. The summed E-state index contributed by atoms with van der Waals surface area (Å²) in [5.74, 6) is 0.615. The van der Waals surface area contributed by atoms with Crippen LogP contribution in [-0.4, -0.2) is 41.7 Å². The lowest BCUT2D eigenvalue weighted by Crippen LogP contribution is -2.44. The molecule has 5 nitrogen and oxygen atoms in total. The van der Waals surface area contributed by atoms with E-state index in [2.05, 4.69) is 20.5 Å². The number of hydrogen-bond donors (Lipinski definition) is 1. The largest absolute Gasteiger partial charge is 0.378 e. The number of aromatic nitrogens is 1. The molecule has 0 unspecified atom stereocenters. The summed E-state index contributed by atoms with van der Waals surface area (Å²) in [4.78, 5) is 6.46. The highest BCUT2D eigenvalue weighted by atomic mass is 16.5. The standard InChI is InChI=1S/C11H18N4O/c1-14-4-2-3-10(14)9-13-11(12)15-5-7-16-8-6-15/h2-4H,5-9H2,1H3,(H2,12,13). The number of hydrogen-bond acceptors (Lipinski definition) is 2. The smallest absolute Gasteiger partial charge is 0.191 e. The minimum absolute atomic E-state index is 0.615. The van der Waals surface area contributed by atoms with Gasteiger partial charge in [0.05, 0.1) is 19.8 Å². The number of aryl methyl sites for hydroxylation is 1. The fourth-order valence-corrected chi connectivity index (χ4v) is 1.72. The summed E-state index contributed by atoms with van der Waals surface area (Å²) in [7, 11) is 2.01. The third-order valence-corrected chi connectivity index (χ3v) is 2.79. The Labute approximate surface area is 95.5 Å². The molecule has 2 N–H and O–H groups in total. The Hall–Kier alpha value is -1.49. The van der Waals surface area contributed by atoms with E-state index in [4.69, 9.17) is 10.5 Å². The van der Waals surface area contributed by atoms with Gasteiger partial charge in [0.25, 0.3) is 0 Å². The van der Waals surface area contributed by atoms with Crippen LogP contribution in [0.3, 0.4) is 0 Å². The van der Waals surface area contributed by atoms with Gasteiger partial charge in [-0.3, -0.25) is 0 Å². The molecule has 0 aromatic carbocycles. The first kappa shape index (κ1) is 11.0. The Morgan fingerprint density at radius 2 is 2.25 bits per heavy atom. The highest BCUT2D eigenvalue weighted by molar-refractivity contribution is 5.78. The monoisotopic (exact) mass is 222 g/mol. The van der Waals surface area contributed by atoms with Crippen LogP contribution < -0.4 is 5.73 Å². The zero-order valence-corrected chi connectivity index (χ0v) is 9.59. The molecule has 0 amide bonds. The van der Waals surface area contributed by atoms with Crippen molar-refractivity contribution in [3.63, 3.8) is 0 Å². The van der Waals surface area contributed by atoms with Gasteiger partial charge in [0, 0.05) is 32.0 Å². The van der Waals surface area contributed by atoms with Crippen LogP contribution >= 0.6 is 0 Å². The number of aliphatic imine (C=N–C) groups is 1. The quantitative estimate of drug-likeness (QED) is 0.573. The SMILES string of the molecule is Cn1cccc1CN=C(N)N1CCOCC1. The summed E-state index contributed by atoms with van der Waals surface area (Å²) < 4.78 is 7.31. The van der Waals surface area contributed by atoms with Crippen LogP contribution in [0, 0.1) is 0 Å². The predicted molar refractivity (Wildman–Crippen MR) is 63.1 cm³/mol. The third-order valence-electron chi connectivity index (χ3n) is 2.79. The Bertz CT molecular complexity index is 366. The molecule has 1 aliphatic heterocycles. The molecule has 0 bridgehead atoms. The maximum Gasteiger partial charge on any atom is 0.191 e. The lowest BCUT2D eigenvalue weighted by atomic mass is 10.4. The van der Waals surface area contributed by atoms with Crippen molar-refractivity contribution >= 4 is 5.96 Å². The molecule has 1 aromatic rings. The summed E-state index contributed by atoms with van der Waals surface area (Å²) in [6, 6.07) is 4.06. The van der Waals surface area contributed by atoms with Gasteiger partial charge >= 0.3 is 0 Å². The second kappa shape index (κ2) is 5.03. The van der Waals surface area contributed by atoms with E-state index in [9.17, 15) is 0 Å². The summed E-state index contributed by atoms with van der Waals surface area (Å²) in [5, 5.41) is 0. The fourth-order valence-electron chi connectivity index (χ4n) is 1.72. The summed E-state index contributed by atoms with van der Waals surface area (Å²) in [6.07, 6.45) is 2.01. The highest BCUT2D eigenvalue weighted by Crippen LogP contribution is 2.02. The Morgan fingerprint density at radius 3 is 2.88 bits per heavy atom. The summed E-state index contributed by atoms with van der Waals surface area (Å²) >= 11 is 0. The van der Waals surface area contributed by atoms with Crippen molar-refractivity contribution < 1.29 is 4.74 Å². The molecule has 2 rings (SSSR count). The molecule has 1 aromatic heterocycles. The van der Waals surface area contributed by atoms with Crippen LogP contribution in [0.15, 0.2) is 23.3 Å². The van der Waals surface area contributed by atoms with Crippen molar-refractivity contribution in [2.75, 3.05) is 26.3 Å². The molecular formula is C11H18N4O. The van der Waals surface area contributed by atoms with Gasteiger partial charge in [-0.05, 0) is 12.1 Å². The molecule has 0 radical (unpaired) electrons. The molecule has 1 fully saturated rings. The Kier molecular flexibility index (Phi) is 3.46. The second-order valence-electron chi connectivity index (χ2n) is 3.88. The maximum absolute atomic E-state index is 5.93. The first-order valence-electron chi connectivity index (χ1n) is 5.50. The number of nitrogens with zero attached hydrogens (tertiary/aromatic N) is 3. The second-order valence-corrected chi connectivity index (χ2v) is 3.88. The van der Waals surface area contributed by atoms with Gasteiger partial charge in [0.15, 0.2) is 5.96 Å². The van der Waals surface area contributed by atoms with E-state index in [0.717, 1.165) is 32.0 Å². The van der Waals surface area contributed by atoms with Crippen molar-refractivity contribution in [3.8, 4) is 0 Å². The van der Waals surface area contributed by atoms with Crippen molar-refractivity contribution in [1.82, 2.24) is 9.47 Å². The lowest BCUT2D eigenvalue weighted by molar-refractivity contribution is 0.0674. The van der Waals surface area contributed by atoms with E-state index in [1.807, 2.05) is 19.3 Å². The van der Waals surface area contributed by atoms with Crippen molar-refractivity contribution in [1.29, 1.82) is 0 Å². The van der Waals surface area contributed by atoms with Crippen LogP contribution in [0.4, 0.5) is 0 Å². The molecule has 88 valence electrons. The van der Waals surface area contributed by atoms with Crippen LogP contribution in [0.25, 0.3) is 0 Å². The van der Waals surface area contributed by atoms with Gasteiger partial charge in [-0.25, -0.2) is 4.99 Å². The van der Waals surface area contributed by atoms with Crippen LogP contribution in [-0.2, 0) is 18.3 Å². The van der Waals surface area contributed by atoms with E-state index < -0.39 is 0 Å². The van der Waals surface area contributed by atoms with E-state index in [1.165, 1.54) is 0 Å². The molecule has 0 spiro atoms. The maximum atomic E-state index is 5.93. The number of nitrogens with two attached hydrogens (primary N) is 1. The Morgan fingerprint density at radius 1 is 1.50 bits per heavy atom. The van der Waals surface area contributed by atoms with Gasteiger partial charge < -0.3 is 19.9 Å². The number of rotatable bonds is 2. The van der Waals surface area contributed by atoms with E-state index in [1.54, 1.807) is 0 Å². The topological polar surface area (TPSA) is 55.8 Å². The van der Waals surface area contributed by atoms with E-state index in [0.29, 0.717) is 12.5 Å². The average molecular weight is 222 g/mol. The van der Waals surface area contributed by atoms with Gasteiger partial charge in [-0.2, -0.15) is 0 Å². The zero-order valence-electron chi connectivity index (χ0n) is 9.59. The summed E-state index contributed by atoms with van der Waals surface area (Å²) in [6.45, 7) is 3.78. The Balaban J connectivity index is 1.93. The van der Waals surface area contributed by atoms with Crippen LogP contribution in [0.1, 0.15) is 5.69 Å². The fraction of sp³-hybridized carbons (Fsp3) is 0.545. The first-order valence-corrected chi connectivity index (χ1v) is 5.50. The summed E-state index contributed by atoms with van der Waals surface area (Å²) in [5.41, 5.74) is 7.09. The zero-order chi connectivity index (χ0) is 11.4. The van der Waals surface area contributed by atoms with E-state index >= 15 is 0 Å². The molecule has 16 heavy (non-hydrogen) atoms. The van der Waals surface area contributed by atoms with Crippen LogP contribution in [0.5, 0.6) is 0 Å². The minimum atomic E-state index is 0.615. The van der Waals surface area contributed by atoms with Gasteiger partial charge in [0.2, 0.25) is 0 Å². The van der Waals surface area contributed by atoms with Gasteiger partial charge in [-0.1, -0.05) is 0 Å². The number of guanidine groups is 1. The molecule has 0 saturated carbocycles. The molecule has 1 saturated heterocycles. The van der Waals surface area contributed by atoms with E-state index in [-0.39, 0.29) is 0 Å². The van der Waals surface area contributed by atoms with Gasteiger partial charge in [-0.15, -0.1) is 0 Å². The molecule has 0 aliphatic carbocycles. The predicted octanol–water partition coefficient (Wildman–Crippen LogP) is 0.172. The molecule has 5 heteroatoms. The molecular weight excluding hydrogens is 204 g/mol. The number of ether oxygens (including phenoxy) is 1.